The summed E-state index contributed by atoms with van der Waals surface area (Å²) in [7, 11) is -2.52. The van der Waals surface area contributed by atoms with Crippen molar-refractivity contribution in [2.45, 2.75) is 11.9 Å². The lowest BCUT2D eigenvalue weighted by molar-refractivity contribution is -0.137. The van der Waals surface area contributed by atoms with Crippen LogP contribution < -0.4 is 0 Å². The first-order chi connectivity index (χ1) is 11.9. The van der Waals surface area contributed by atoms with Crippen LogP contribution in [0.5, 0.6) is 0 Å². The zero-order valence-electron chi connectivity index (χ0n) is 12.9. The zero-order valence-corrected chi connectivity index (χ0v) is 13.8. The fraction of sp³-hybridized carbons (Fsp3) is 0.111. The summed E-state index contributed by atoms with van der Waals surface area (Å²) in [6, 6.07) is 15.4. The van der Waals surface area contributed by atoms with Crippen LogP contribution in [0.2, 0.25) is 0 Å². The zero-order chi connectivity index (χ0) is 18.0. The number of thiol groups is 1. The molecule has 3 rings (SSSR count). The van der Waals surface area contributed by atoms with Crippen LogP contribution in [0, 0.1) is 0 Å². The number of aromatic nitrogens is 1. The van der Waals surface area contributed by atoms with Gasteiger partial charge < -0.3 is 4.57 Å². The SMILES string of the molecule is O=[SH](=O)Cc1ccc(-n2cccc2-c2ccccc2C(F)(F)F)cc1. The maximum Gasteiger partial charge on any atom is 0.417 e. The van der Waals surface area contributed by atoms with Gasteiger partial charge in [0.05, 0.1) is 17.0 Å². The summed E-state index contributed by atoms with van der Waals surface area (Å²) in [5.41, 5.74) is 1.09. The minimum atomic E-state index is -4.45. The predicted molar refractivity (Wildman–Crippen MR) is 90.2 cm³/mol. The van der Waals surface area contributed by atoms with Crippen molar-refractivity contribution in [2.24, 2.45) is 0 Å². The fourth-order valence-corrected chi connectivity index (χ4v) is 3.20. The molecular weight excluding hydrogens is 351 g/mol. The Hall–Kier alpha value is -2.54. The summed E-state index contributed by atoms with van der Waals surface area (Å²) >= 11 is 0. The van der Waals surface area contributed by atoms with Crippen molar-refractivity contribution in [1.29, 1.82) is 0 Å². The van der Waals surface area contributed by atoms with E-state index in [2.05, 4.69) is 0 Å². The minimum absolute atomic E-state index is 0.0644. The molecule has 1 heterocycles. The van der Waals surface area contributed by atoms with E-state index in [0.29, 0.717) is 16.9 Å². The normalized spacial score (nSPS) is 11.8. The van der Waals surface area contributed by atoms with Crippen molar-refractivity contribution in [3.8, 4) is 16.9 Å². The molecule has 0 aliphatic rings. The molecule has 0 spiro atoms. The third kappa shape index (κ3) is 3.76. The number of halogens is 3. The molecule has 3 aromatic rings. The van der Waals surface area contributed by atoms with E-state index in [4.69, 9.17) is 0 Å². The summed E-state index contributed by atoms with van der Waals surface area (Å²) in [6.07, 6.45) is -2.78. The van der Waals surface area contributed by atoms with Gasteiger partial charge in [-0.25, -0.2) is 8.42 Å². The minimum Gasteiger partial charge on any atom is -0.317 e. The highest BCUT2D eigenvalue weighted by Gasteiger charge is 2.33. The molecule has 25 heavy (non-hydrogen) atoms. The van der Waals surface area contributed by atoms with Gasteiger partial charge >= 0.3 is 6.18 Å². The highest BCUT2D eigenvalue weighted by atomic mass is 32.2. The Morgan fingerprint density at radius 3 is 2.20 bits per heavy atom. The Morgan fingerprint density at radius 1 is 0.880 bits per heavy atom. The van der Waals surface area contributed by atoms with Gasteiger partial charge in [-0.15, -0.1) is 0 Å². The molecule has 0 N–H and O–H groups in total. The first-order valence-electron chi connectivity index (χ1n) is 7.41. The standard InChI is InChI=1S/C18H14F3NO2S/c19-18(20,21)16-5-2-1-4-15(16)17-6-3-11-22(17)14-9-7-13(8-10-14)12-25(23)24/h1-11,25H,12H2. The van der Waals surface area contributed by atoms with Gasteiger partial charge in [-0.05, 0) is 35.9 Å². The van der Waals surface area contributed by atoms with Crippen molar-refractivity contribution in [2.75, 3.05) is 0 Å². The van der Waals surface area contributed by atoms with Crippen LogP contribution in [0.15, 0.2) is 66.9 Å². The van der Waals surface area contributed by atoms with Crippen LogP contribution in [0.3, 0.4) is 0 Å². The van der Waals surface area contributed by atoms with Crippen LogP contribution in [0.4, 0.5) is 13.2 Å². The summed E-state index contributed by atoms with van der Waals surface area (Å²) in [4.78, 5) is 0. The summed E-state index contributed by atoms with van der Waals surface area (Å²) < 4.78 is 63.0. The van der Waals surface area contributed by atoms with E-state index < -0.39 is 22.4 Å². The van der Waals surface area contributed by atoms with Crippen LogP contribution in [0.25, 0.3) is 16.9 Å². The molecule has 2 aromatic carbocycles. The van der Waals surface area contributed by atoms with Crippen LogP contribution in [-0.2, 0) is 22.6 Å². The summed E-state index contributed by atoms with van der Waals surface area (Å²) in [5, 5.41) is 0. The predicted octanol–water partition coefficient (Wildman–Crippen LogP) is 4.27. The molecule has 0 aliphatic carbocycles. The Morgan fingerprint density at radius 2 is 1.56 bits per heavy atom. The van der Waals surface area contributed by atoms with Gasteiger partial charge in [0, 0.05) is 17.4 Å². The number of alkyl halides is 3. The van der Waals surface area contributed by atoms with Crippen LogP contribution >= 0.6 is 0 Å². The van der Waals surface area contributed by atoms with Gasteiger partial charge in [-0.3, -0.25) is 0 Å². The van der Waals surface area contributed by atoms with E-state index in [0.717, 1.165) is 6.07 Å². The Balaban J connectivity index is 2.05. The molecule has 0 radical (unpaired) electrons. The third-order valence-corrected chi connectivity index (χ3v) is 4.41. The van der Waals surface area contributed by atoms with Crippen molar-refractivity contribution in [1.82, 2.24) is 4.57 Å². The highest BCUT2D eigenvalue weighted by Crippen LogP contribution is 2.37. The van der Waals surface area contributed by atoms with Crippen LogP contribution in [-0.4, -0.2) is 13.0 Å². The Labute approximate surface area is 144 Å². The molecule has 0 saturated heterocycles. The summed E-state index contributed by atoms with van der Waals surface area (Å²) in [5.74, 6) is -0.0644. The third-order valence-electron chi connectivity index (χ3n) is 3.78. The monoisotopic (exact) mass is 365 g/mol. The largest absolute Gasteiger partial charge is 0.417 e. The molecule has 0 amide bonds. The average Bonchev–Trinajstić information content (AvgIpc) is 3.04. The number of benzene rings is 2. The Kier molecular flexibility index (Phi) is 4.67. The van der Waals surface area contributed by atoms with Gasteiger partial charge in [0.1, 0.15) is 10.7 Å². The average molecular weight is 365 g/mol. The number of hydrogen-bond donors (Lipinski definition) is 1. The highest BCUT2D eigenvalue weighted by molar-refractivity contribution is 7.71. The van der Waals surface area contributed by atoms with Gasteiger partial charge in [0.15, 0.2) is 0 Å². The second-order valence-electron chi connectivity index (χ2n) is 5.46. The molecular formula is C18H14F3NO2S. The maximum atomic E-state index is 13.3. The fourth-order valence-electron chi connectivity index (χ4n) is 2.69. The van der Waals surface area contributed by atoms with E-state index in [1.807, 2.05) is 0 Å². The number of hydrogen-bond acceptors (Lipinski definition) is 2. The van der Waals surface area contributed by atoms with Gasteiger partial charge in [0.25, 0.3) is 0 Å². The number of nitrogens with zero attached hydrogens (tertiary/aromatic N) is 1. The van der Waals surface area contributed by atoms with Crippen LogP contribution in [0.1, 0.15) is 11.1 Å². The van der Waals surface area contributed by atoms with Gasteiger partial charge in [-0.2, -0.15) is 13.2 Å². The molecule has 1 aromatic heterocycles. The first-order valence-corrected chi connectivity index (χ1v) is 8.77. The topological polar surface area (TPSA) is 39.1 Å². The lowest BCUT2D eigenvalue weighted by Gasteiger charge is -2.15. The summed E-state index contributed by atoms with van der Waals surface area (Å²) in [6.45, 7) is 0. The molecule has 0 bridgehead atoms. The first kappa shape index (κ1) is 17.3. The quantitative estimate of drug-likeness (QED) is 0.701. The van der Waals surface area contributed by atoms with E-state index in [9.17, 15) is 21.6 Å². The number of rotatable bonds is 4. The van der Waals surface area contributed by atoms with E-state index in [-0.39, 0.29) is 11.3 Å². The van der Waals surface area contributed by atoms with Gasteiger partial charge in [0.2, 0.25) is 0 Å². The van der Waals surface area contributed by atoms with Crippen molar-refractivity contribution in [3.05, 3.63) is 78.0 Å². The molecule has 0 saturated carbocycles. The lowest BCUT2D eigenvalue weighted by Crippen LogP contribution is -2.08. The van der Waals surface area contributed by atoms with E-state index in [1.54, 1.807) is 53.2 Å². The smallest absolute Gasteiger partial charge is 0.317 e. The maximum absolute atomic E-state index is 13.3. The van der Waals surface area contributed by atoms with Crippen molar-refractivity contribution < 1.29 is 21.6 Å². The molecule has 3 nitrogen and oxygen atoms in total. The molecule has 7 heteroatoms. The molecule has 0 unspecified atom stereocenters. The second kappa shape index (κ2) is 6.76. The van der Waals surface area contributed by atoms with Crippen molar-refractivity contribution in [3.63, 3.8) is 0 Å². The van der Waals surface area contributed by atoms with Crippen molar-refractivity contribution >= 4 is 10.7 Å². The van der Waals surface area contributed by atoms with E-state index in [1.165, 1.54) is 12.1 Å². The molecule has 0 atom stereocenters. The molecule has 0 fully saturated rings. The second-order valence-corrected chi connectivity index (χ2v) is 6.45. The Bertz CT molecular complexity index is 949. The lowest BCUT2D eigenvalue weighted by atomic mass is 10.0. The van der Waals surface area contributed by atoms with Gasteiger partial charge in [-0.1, -0.05) is 30.3 Å². The van der Waals surface area contributed by atoms with E-state index >= 15 is 0 Å². The molecule has 130 valence electrons. The molecule has 0 aliphatic heterocycles.